The van der Waals surface area contributed by atoms with E-state index in [1.807, 2.05) is 12.1 Å². The van der Waals surface area contributed by atoms with E-state index in [1.54, 1.807) is 4.68 Å². The van der Waals surface area contributed by atoms with E-state index < -0.39 is 8.07 Å². The largest absolute Gasteiger partial charge is 0.375 e. The molecule has 0 aliphatic rings. The Morgan fingerprint density at radius 2 is 2.00 bits per heavy atom. The van der Waals surface area contributed by atoms with Crippen molar-refractivity contribution in [3.63, 3.8) is 0 Å². The van der Waals surface area contributed by atoms with Crippen molar-refractivity contribution in [3.05, 3.63) is 24.3 Å². The number of aromatic nitrogens is 4. The number of thiol groups is 1. The molecule has 2 aromatic rings. The maximum absolute atomic E-state index is 4.25. The zero-order valence-electron chi connectivity index (χ0n) is 12.6. The summed E-state index contributed by atoms with van der Waals surface area (Å²) < 4.78 is 1.62. The van der Waals surface area contributed by atoms with E-state index in [0.717, 1.165) is 5.69 Å². The van der Waals surface area contributed by atoms with E-state index in [0.29, 0.717) is 10.8 Å². The third-order valence-electron chi connectivity index (χ3n) is 3.77. The molecular weight excluding hydrogens is 286 g/mol. The summed E-state index contributed by atoms with van der Waals surface area (Å²) in [6.45, 7) is 9.43. The van der Waals surface area contributed by atoms with Crippen LogP contribution in [0.4, 0.5) is 5.69 Å². The summed E-state index contributed by atoms with van der Waals surface area (Å²) >= 11 is 4.25. The number of hydrogen-bond acceptors (Lipinski definition) is 5. The standard InChI is InChI=1S/C13H21N5SSi/c1-10(20(3,4)5)17(2)11-7-6-8-12(9-11)18-13(19)14-15-16-18/h6-10H,1-5H3,(H,14,16,19). The van der Waals surface area contributed by atoms with Gasteiger partial charge < -0.3 is 4.90 Å². The van der Waals surface area contributed by atoms with Crippen molar-refractivity contribution in [1.29, 1.82) is 0 Å². The predicted molar refractivity (Wildman–Crippen MR) is 87.6 cm³/mol. The minimum Gasteiger partial charge on any atom is -0.375 e. The van der Waals surface area contributed by atoms with Crippen molar-refractivity contribution in [2.24, 2.45) is 0 Å². The van der Waals surface area contributed by atoms with Crippen LogP contribution in [0.25, 0.3) is 5.69 Å². The normalized spacial score (nSPS) is 13.3. The van der Waals surface area contributed by atoms with Crippen LogP contribution < -0.4 is 4.90 Å². The average molecular weight is 307 g/mol. The fourth-order valence-corrected chi connectivity index (χ4v) is 3.50. The van der Waals surface area contributed by atoms with Gasteiger partial charge in [-0.2, -0.15) is 4.68 Å². The molecule has 5 nitrogen and oxygen atoms in total. The lowest BCUT2D eigenvalue weighted by molar-refractivity contribution is 0.756. The van der Waals surface area contributed by atoms with Crippen LogP contribution in [0.15, 0.2) is 29.4 Å². The molecule has 0 saturated heterocycles. The van der Waals surface area contributed by atoms with E-state index in [1.165, 1.54) is 5.69 Å². The third-order valence-corrected chi connectivity index (χ3v) is 6.94. The van der Waals surface area contributed by atoms with Crippen LogP contribution in [0.3, 0.4) is 0 Å². The van der Waals surface area contributed by atoms with E-state index >= 15 is 0 Å². The highest BCUT2D eigenvalue weighted by Crippen LogP contribution is 2.23. The number of nitrogens with zero attached hydrogens (tertiary/aromatic N) is 5. The van der Waals surface area contributed by atoms with Gasteiger partial charge in [0.05, 0.1) is 13.8 Å². The van der Waals surface area contributed by atoms with Gasteiger partial charge in [0.15, 0.2) is 0 Å². The highest BCUT2D eigenvalue weighted by atomic mass is 32.1. The minimum absolute atomic E-state index is 0.489. The van der Waals surface area contributed by atoms with Crippen molar-refractivity contribution >= 4 is 26.4 Å². The van der Waals surface area contributed by atoms with Crippen LogP contribution in [-0.2, 0) is 0 Å². The predicted octanol–water partition coefficient (Wildman–Crippen LogP) is 2.65. The van der Waals surface area contributed by atoms with E-state index in [-0.39, 0.29) is 0 Å². The monoisotopic (exact) mass is 307 g/mol. The SMILES string of the molecule is CC(N(C)c1cccc(-n2nnnc2S)c1)[Si](C)(C)C. The second-order valence-electron chi connectivity index (χ2n) is 6.06. The van der Waals surface area contributed by atoms with Crippen LogP contribution in [0.2, 0.25) is 19.6 Å². The van der Waals surface area contributed by atoms with Gasteiger partial charge in [-0.05, 0) is 35.5 Å². The Bertz CT molecular complexity index is 592. The van der Waals surface area contributed by atoms with Crippen molar-refractivity contribution in [3.8, 4) is 5.69 Å². The van der Waals surface area contributed by atoms with Gasteiger partial charge in [0.2, 0.25) is 5.16 Å². The molecule has 0 aliphatic heterocycles. The molecular formula is C13H21N5SSi. The molecule has 0 radical (unpaired) electrons. The van der Waals surface area contributed by atoms with Crippen molar-refractivity contribution in [2.45, 2.75) is 37.4 Å². The summed E-state index contributed by atoms with van der Waals surface area (Å²) in [7, 11) is 0.905. The summed E-state index contributed by atoms with van der Waals surface area (Å²) in [6.07, 6.45) is 0. The first kappa shape index (κ1) is 15.1. The highest BCUT2D eigenvalue weighted by molar-refractivity contribution is 7.80. The highest BCUT2D eigenvalue weighted by Gasteiger charge is 2.26. The van der Waals surface area contributed by atoms with Gasteiger partial charge in [-0.3, -0.25) is 0 Å². The summed E-state index contributed by atoms with van der Waals surface area (Å²) in [5.74, 6) is 0. The maximum Gasteiger partial charge on any atom is 0.211 e. The lowest BCUT2D eigenvalue weighted by Gasteiger charge is -2.35. The van der Waals surface area contributed by atoms with Crippen LogP contribution >= 0.6 is 12.6 Å². The van der Waals surface area contributed by atoms with Gasteiger partial charge >= 0.3 is 0 Å². The van der Waals surface area contributed by atoms with Gasteiger partial charge in [0.1, 0.15) is 0 Å². The van der Waals surface area contributed by atoms with Crippen molar-refractivity contribution in [2.75, 3.05) is 11.9 Å². The van der Waals surface area contributed by atoms with Crippen LogP contribution in [0.5, 0.6) is 0 Å². The molecule has 2 rings (SSSR count). The fourth-order valence-electron chi connectivity index (χ4n) is 2.00. The molecule has 0 amide bonds. The topological polar surface area (TPSA) is 46.8 Å². The Balaban J connectivity index is 2.33. The summed E-state index contributed by atoms with van der Waals surface area (Å²) in [5, 5.41) is 11.9. The summed E-state index contributed by atoms with van der Waals surface area (Å²) in [6, 6.07) is 8.20. The lowest BCUT2D eigenvalue weighted by atomic mass is 10.2. The summed E-state index contributed by atoms with van der Waals surface area (Å²) in [5.41, 5.74) is 2.63. The maximum atomic E-state index is 4.25. The van der Waals surface area contributed by atoms with Crippen molar-refractivity contribution in [1.82, 2.24) is 20.2 Å². The number of hydrogen-bond donors (Lipinski definition) is 1. The van der Waals surface area contributed by atoms with Crippen molar-refractivity contribution < 1.29 is 0 Å². The number of benzene rings is 1. The molecule has 1 heterocycles. The van der Waals surface area contributed by atoms with Gasteiger partial charge in [0.25, 0.3) is 0 Å². The molecule has 0 bridgehead atoms. The third kappa shape index (κ3) is 3.04. The first-order valence-corrected chi connectivity index (χ1v) is 10.6. The average Bonchev–Trinajstić information content (AvgIpc) is 2.82. The zero-order chi connectivity index (χ0) is 14.9. The summed E-state index contributed by atoms with van der Waals surface area (Å²) in [4.78, 5) is 2.33. The van der Waals surface area contributed by atoms with Gasteiger partial charge in [-0.25, -0.2) is 0 Å². The van der Waals surface area contributed by atoms with Gasteiger partial charge in [0, 0.05) is 18.4 Å². The van der Waals surface area contributed by atoms with Crippen LogP contribution in [-0.4, -0.2) is 41.0 Å². The molecule has 0 saturated carbocycles. The Hall–Kier alpha value is -1.34. The molecule has 1 atom stereocenters. The number of anilines is 1. The van der Waals surface area contributed by atoms with E-state index in [9.17, 15) is 0 Å². The Morgan fingerprint density at radius 3 is 2.55 bits per heavy atom. The molecule has 20 heavy (non-hydrogen) atoms. The molecule has 1 unspecified atom stereocenters. The van der Waals surface area contributed by atoms with E-state index in [2.05, 4.69) is 78.8 Å². The fraction of sp³-hybridized carbons (Fsp3) is 0.462. The Labute approximate surface area is 126 Å². The second-order valence-corrected chi connectivity index (χ2v) is 12.0. The molecule has 0 spiro atoms. The number of rotatable bonds is 4. The van der Waals surface area contributed by atoms with Gasteiger partial charge in [-0.15, -0.1) is 17.7 Å². The van der Waals surface area contributed by atoms with Gasteiger partial charge in [-0.1, -0.05) is 25.7 Å². The second kappa shape index (κ2) is 5.57. The van der Waals surface area contributed by atoms with Crippen LogP contribution in [0.1, 0.15) is 6.92 Å². The Morgan fingerprint density at radius 1 is 1.30 bits per heavy atom. The first-order chi connectivity index (χ1) is 9.30. The molecule has 0 fully saturated rings. The lowest BCUT2D eigenvalue weighted by Crippen LogP contribution is -2.47. The number of tetrazole rings is 1. The smallest absolute Gasteiger partial charge is 0.211 e. The minimum atomic E-state index is -1.24. The Kier molecular flexibility index (Phi) is 4.19. The molecule has 1 aromatic carbocycles. The molecule has 108 valence electrons. The molecule has 1 aromatic heterocycles. The quantitative estimate of drug-likeness (QED) is 0.697. The van der Waals surface area contributed by atoms with Crippen LogP contribution in [0, 0.1) is 0 Å². The first-order valence-electron chi connectivity index (χ1n) is 6.61. The molecule has 7 heteroatoms. The molecule has 0 N–H and O–H groups in total. The molecule has 0 aliphatic carbocycles. The zero-order valence-corrected chi connectivity index (χ0v) is 14.5. The van der Waals surface area contributed by atoms with E-state index in [4.69, 9.17) is 0 Å².